The van der Waals surface area contributed by atoms with Gasteiger partial charge in [-0.3, -0.25) is 4.79 Å². The summed E-state index contributed by atoms with van der Waals surface area (Å²) in [4.78, 5) is 11.7. The predicted molar refractivity (Wildman–Crippen MR) is 81.1 cm³/mol. The SMILES string of the molecule is C[C@@]12C=CCC1C1CCC3=CC(=O)C=C[C@]3(C)C1CC2. The minimum atomic E-state index is 0.154. The number of allylic oxidation sites excluding steroid dienone is 6. The first-order valence-electron chi connectivity index (χ1n) is 8.15. The van der Waals surface area contributed by atoms with Crippen LogP contribution in [0, 0.1) is 28.6 Å². The Balaban J connectivity index is 1.72. The molecule has 0 aromatic rings. The highest BCUT2D eigenvalue weighted by Gasteiger charge is 2.54. The molecule has 4 rings (SSSR count). The van der Waals surface area contributed by atoms with Gasteiger partial charge < -0.3 is 0 Å². The maximum Gasteiger partial charge on any atom is 0.178 e. The number of rotatable bonds is 0. The monoisotopic (exact) mass is 268 g/mol. The number of fused-ring (bicyclic) bond motifs is 5. The van der Waals surface area contributed by atoms with Crippen LogP contribution in [0.3, 0.4) is 0 Å². The van der Waals surface area contributed by atoms with E-state index in [1.54, 1.807) is 0 Å². The molecule has 0 spiro atoms. The first kappa shape index (κ1) is 12.6. The second kappa shape index (κ2) is 3.96. The van der Waals surface area contributed by atoms with Crippen LogP contribution in [0.4, 0.5) is 0 Å². The number of hydrogen-bond donors (Lipinski definition) is 0. The Hall–Kier alpha value is -1.11. The summed E-state index contributed by atoms with van der Waals surface area (Å²) in [6.07, 6.45) is 17.2. The Morgan fingerprint density at radius 3 is 2.85 bits per heavy atom. The van der Waals surface area contributed by atoms with E-state index in [-0.39, 0.29) is 11.2 Å². The average Bonchev–Trinajstić information content (AvgIpc) is 2.81. The maximum absolute atomic E-state index is 11.7. The summed E-state index contributed by atoms with van der Waals surface area (Å²) < 4.78 is 0. The van der Waals surface area contributed by atoms with Crippen molar-refractivity contribution in [1.29, 1.82) is 0 Å². The van der Waals surface area contributed by atoms with E-state index in [2.05, 4.69) is 32.1 Å². The highest BCUT2D eigenvalue weighted by atomic mass is 16.1. The fraction of sp³-hybridized carbons (Fsp3) is 0.632. The number of ketones is 1. The van der Waals surface area contributed by atoms with Crippen LogP contribution in [-0.2, 0) is 4.79 Å². The molecular weight excluding hydrogens is 244 g/mol. The summed E-state index contributed by atoms with van der Waals surface area (Å²) in [5, 5.41) is 0. The van der Waals surface area contributed by atoms with Crippen LogP contribution in [0.2, 0.25) is 0 Å². The molecule has 0 aromatic carbocycles. The van der Waals surface area contributed by atoms with E-state index < -0.39 is 0 Å². The molecule has 2 saturated carbocycles. The standard InChI is InChI=1S/C19H24O/c1-18-9-3-4-16(18)15-6-5-13-12-14(20)7-11-19(13,2)17(15)8-10-18/h3,7,9,11-12,15-17H,4-6,8,10H2,1-2H3/t15?,16?,17?,18-,19-/m0/s1. The van der Waals surface area contributed by atoms with E-state index in [4.69, 9.17) is 0 Å². The third kappa shape index (κ3) is 1.52. The molecule has 0 aliphatic heterocycles. The largest absolute Gasteiger partial charge is 0.290 e. The van der Waals surface area contributed by atoms with Crippen molar-refractivity contribution in [2.75, 3.05) is 0 Å². The van der Waals surface area contributed by atoms with E-state index in [1.165, 1.54) is 31.3 Å². The van der Waals surface area contributed by atoms with Crippen molar-refractivity contribution in [1.82, 2.24) is 0 Å². The van der Waals surface area contributed by atoms with E-state index in [0.717, 1.165) is 24.2 Å². The summed E-state index contributed by atoms with van der Waals surface area (Å²) in [6, 6.07) is 0. The third-order valence-corrected chi connectivity index (χ3v) is 6.88. The van der Waals surface area contributed by atoms with Gasteiger partial charge in [-0.15, -0.1) is 0 Å². The minimum Gasteiger partial charge on any atom is -0.290 e. The molecule has 3 unspecified atom stereocenters. The summed E-state index contributed by atoms with van der Waals surface area (Å²) >= 11 is 0. The van der Waals surface area contributed by atoms with Gasteiger partial charge in [0.1, 0.15) is 0 Å². The van der Waals surface area contributed by atoms with Gasteiger partial charge in [0.15, 0.2) is 5.78 Å². The van der Waals surface area contributed by atoms with Gasteiger partial charge in [0.25, 0.3) is 0 Å². The number of carbonyl (C=O) groups is 1. The van der Waals surface area contributed by atoms with Crippen molar-refractivity contribution >= 4 is 5.78 Å². The van der Waals surface area contributed by atoms with Crippen molar-refractivity contribution < 1.29 is 4.79 Å². The van der Waals surface area contributed by atoms with E-state index in [9.17, 15) is 4.79 Å². The smallest absolute Gasteiger partial charge is 0.178 e. The minimum absolute atomic E-state index is 0.154. The van der Waals surface area contributed by atoms with E-state index >= 15 is 0 Å². The van der Waals surface area contributed by atoms with Crippen molar-refractivity contribution in [3.63, 3.8) is 0 Å². The molecule has 0 radical (unpaired) electrons. The van der Waals surface area contributed by atoms with Gasteiger partial charge in [0.2, 0.25) is 0 Å². The summed E-state index contributed by atoms with van der Waals surface area (Å²) in [7, 11) is 0. The zero-order chi connectivity index (χ0) is 14.0. The lowest BCUT2D eigenvalue weighted by atomic mass is 9.48. The van der Waals surface area contributed by atoms with Gasteiger partial charge in [-0.2, -0.15) is 0 Å². The maximum atomic E-state index is 11.7. The lowest BCUT2D eigenvalue weighted by Crippen LogP contribution is -2.48. The predicted octanol–water partition coefficient (Wildman–Crippen LogP) is 4.46. The van der Waals surface area contributed by atoms with Crippen LogP contribution in [-0.4, -0.2) is 5.78 Å². The Morgan fingerprint density at radius 2 is 2.00 bits per heavy atom. The zero-order valence-electron chi connectivity index (χ0n) is 12.6. The summed E-state index contributed by atoms with van der Waals surface area (Å²) in [6.45, 7) is 4.84. The lowest BCUT2D eigenvalue weighted by molar-refractivity contribution is -0.111. The number of hydrogen-bond acceptors (Lipinski definition) is 1. The molecule has 0 N–H and O–H groups in total. The molecule has 106 valence electrons. The Morgan fingerprint density at radius 1 is 1.15 bits per heavy atom. The third-order valence-electron chi connectivity index (χ3n) is 6.88. The zero-order valence-corrected chi connectivity index (χ0v) is 12.6. The van der Waals surface area contributed by atoms with Crippen LogP contribution in [0.25, 0.3) is 0 Å². The second-order valence-corrected chi connectivity index (χ2v) is 7.79. The molecule has 0 saturated heterocycles. The van der Waals surface area contributed by atoms with Crippen molar-refractivity contribution in [2.24, 2.45) is 28.6 Å². The molecule has 1 heteroatoms. The molecule has 0 amide bonds. The normalized spacial score (nSPS) is 49.4. The fourth-order valence-electron chi connectivity index (χ4n) is 5.68. The molecule has 2 fully saturated rings. The Bertz CT molecular complexity index is 552. The van der Waals surface area contributed by atoms with Crippen LogP contribution in [0.1, 0.15) is 46.0 Å². The summed E-state index contributed by atoms with van der Waals surface area (Å²) in [5.74, 6) is 2.61. The lowest BCUT2D eigenvalue weighted by Gasteiger charge is -2.56. The Kier molecular flexibility index (Phi) is 2.50. The summed E-state index contributed by atoms with van der Waals surface area (Å²) in [5.41, 5.74) is 2.01. The van der Waals surface area contributed by atoms with E-state index in [0.29, 0.717) is 5.41 Å². The number of carbonyl (C=O) groups excluding carboxylic acids is 1. The quantitative estimate of drug-likeness (QED) is 0.593. The molecular formula is C19H24O. The topological polar surface area (TPSA) is 17.1 Å². The molecule has 0 bridgehead atoms. The molecule has 4 aliphatic carbocycles. The molecule has 0 aromatic heterocycles. The van der Waals surface area contributed by atoms with E-state index in [1.807, 2.05) is 12.2 Å². The first-order valence-corrected chi connectivity index (χ1v) is 8.15. The van der Waals surface area contributed by atoms with Gasteiger partial charge in [-0.25, -0.2) is 0 Å². The Labute approximate surface area is 121 Å². The second-order valence-electron chi connectivity index (χ2n) is 7.79. The first-order chi connectivity index (χ1) is 9.53. The van der Waals surface area contributed by atoms with Gasteiger partial charge in [0.05, 0.1) is 0 Å². The fourth-order valence-corrected chi connectivity index (χ4v) is 5.68. The molecule has 5 atom stereocenters. The van der Waals surface area contributed by atoms with Crippen molar-refractivity contribution in [2.45, 2.75) is 46.0 Å². The average molecular weight is 268 g/mol. The van der Waals surface area contributed by atoms with Crippen molar-refractivity contribution in [3.8, 4) is 0 Å². The molecule has 20 heavy (non-hydrogen) atoms. The highest BCUT2D eigenvalue weighted by Crippen LogP contribution is 2.62. The van der Waals surface area contributed by atoms with Gasteiger partial charge >= 0.3 is 0 Å². The van der Waals surface area contributed by atoms with Gasteiger partial charge in [-0.05, 0) is 67.4 Å². The molecule has 1 nitrogen and oxygen atoms in total. The molecule has 0 heterocycles. The molecule has 4 aliphatic rings. The van der Waals surface area contributed by atoms with Crippen LogP contribution >= 0.6 is 0 Å². The highest BCUT2D eigenvalue weighted by molar-refractivity contribution is 6.01. The van der Waals surface area contributed by atoms with Crippen molar-refractivity contribution in [3.05, 3.63) is 36.0 Å². The van der Waals surface area contributed by atoms with Crippen LogP contribution in [0.15, 0.2) is 36.0 Å². The van der Waals surface area contributed by atoms with Crippen LogP contribution in [0.5, 0.6) is 0 Å². The van der Waals surface area contributed by atoms with Gasteiger partial charge in [0, 0.05) is 5.41 Å². The van der Waals surface area contributed by atoms with Gasteiger partial charge in [-0.1, -0.05) is 37.6 Å². The van der Waals surface area contributed by atoms with Crippen LogP contribution < -0.4 is 0 Å².